The van der Waals surface area contributed by atoms with Gasteiger partial charge in [0.2, 0.25) is 0 Å². The third kappa shape index (κ3) is 5.69. The molecule has 1 aromatic carbocycles. The number of carbonyl (C=O) groups excluding carboxylic acids is 1. The molecule has 0 radical (unpaired) electrons. The number of unbranched alkanes of at least 4 members (excludes halogenated alkanes) is 1. The van der Waals surface area contributed by atoms with Crippen LogP contribution in [0.2, 0.25) is 0 Å². The minimum atomic E-state index is -0.510. The highest BCUT2D eigenvalue weighted by molar-refractivity contribution is 5.95. The molecule has 0 aliphatic carbocycles. The van der Waals surface area contributed by atoms with E-state index < -0.39 is 4.92 Å². The molecule has 122 valence electrons. The van der Waals surface area contributed by atoms with E-state index in [-0.39, 0.29) is 17.2 Å². The zero-order valence-electron chi connectivity index (χ0n) is 13.1. The van der Waals surface area contributed by atoms with Crippen molar-refractivity contribution >= 4 is 17.3 Å². The van der Waals surface area contributed by atoms with Gasteiger partial charge < -0.3 is 15.4 Å². The lowest BCUT2D eigenvalue weighted by atomic mass is 10.1. The molecule has 0 aliphatic heterocycles. The third-order valence-corrected chi connectivity index (χ3v) is 3.12. The molecule has 2 N–H and O–H groups in total. The van der Waals surface area contributed by atoms with Crippen molar-refractivity contribution in [2.75, 3.05) is 32.1 Å². The number of anilines is 1. The molecule has 7 heteroatoms. The van der Waals surface area contributed by atoms with Crippen molar-refractivity contribution in [2.24, 2.45) is 0 Å². The van der Waals surface area contributed by atoms with Crippen molar-refractivity contribution in [3.63, 3.8) is 0 Å². The van der Waals surface area contributed by atoms with Crippen LogP contribution in [0.5, 0.6) is 0 Å². The highest BCUT2D eigenvalue weighted by atomic mass is 16.6. The molecule has 1 rings (SSSR count). The fourth-order valence-electron chi connectivity index (χ4n) is 1.86. The number of carbonyl (C=O) groups is 1. The Morgan fingerprint density at radius 1 is 1.32 bits per heavy atom. The first kappa shape index (κ1) is 17.9. The zero-order chi connectivity index (χ0) is 16.4. The standard InChI is InChI=1S/C15H23N3O4/c1-3-4-9-22-10-5-8-17-15(19)12-6-7-13(16-2)14(11-12)18(20)21/h6-7,11,16H,3-5,8-10H2,1-2H3,(H,17,19). The first-order valence-corrected chi connectivity index (χ1v) is 7.42. The molecule has 22 heavy (non-hydrogen) atoms. The van der Waals surface area contributed by atoms with Gasteiger partial charge in [-0.3, -0.25) is 14.9 Å². The second-order valence-corrected chi connectivity index (χ2v) is 4.81. The lowest BCUT2D eigenvalue weighted by Gasteiger charge is -2.07. The molecular weight excluding hydrogens is 286 g/mol. The fourth-order valence-corrected chi connectivity index (χ4v) is 1.86. The third-order valence-electron chi connectivity index (χ3n) is 3.12. The van der Waals surface area contributed by atoms with Crippen molar-refractivity contribution in [1.82, 2.24) is 5.32 Å². The van der Waals surface area contributed by atoms with Gasteiger partial charge in [-0.25, -0.2) is 0 Å². The lowest BCUT2D eigenvalue weighted by Crippen LogP contribution is -2.25. The van der Waals surface area contributed by atoms with E-state index in [9.17, 15) is 14.9 Å². The maximum atomic E-state index is 12.0. The molecule has 0 bridgehead atoms. The molecule has 1 amide bonds. The van der Waals surface area contributed by atoms with Crippen LogP contribution in [0.3, 0.4) is 0 Å². The van der Waals surface area contributed by atoms with E-state index in [1.807, 2.05) is 0 Å². The molecule has 7 nitrogen and oxygen atoms in total. The predicted molar refractivity (Wildman–Crippen MR) is 85.3 cm³/mol. The van der Waals surface area contributed by atoms with E-state index in [4.69, 9.17) is 4.74 Å². The summed E-state index contributed by atoms with van der Waals surface area (Å²) < 4.78 is 5.39. The van der Waals surface area contributed by atoms with Crippen LogP contribution in [-0.4, -0.2) is 37.6 Å². The number of hydrogen-bond acceptors (Lipinski definition) is 5. The molecule has 0 atom stereocenters. The number of rotatable bonds is 10. The minimum Gasteiger partial charge on any atom is -0.383 e. The van der Waals surface area contributed by atoms with Gasteiger partial charge in [-0.1, -0.05) is 13.3 Å². The lowest BCUT2D eigenvalue weighted by molar-refractivity contribution is -0.384. The monoisotopic (exact) mass is 309 g/mol. The maximum Gasteiger partial charge on any atom is 0.293 e. The van der Waals surface area contributed by atoms with Crippen LogP contribution in [0, 0.1) is 10.1 Å². The molecule has 0 spiro atoms. The summed E-state index contributed by atoms with van der Waals surface area (Å²) in [4.78, 5) is 22.4. The number of nitrogens with one attached hydrogen (secondary N) is 2. The van der Waals surface area contributed by atoms with E-state index in [2.05, 4.69) is 17.6 Å². The summed E-state index contributed by atoms with van der Waals surface area (Å²) >= 11 is 0. The van der Waals surface area contributed by atoms with Crippen LogP contribution < -0.4 is 10.6 Å². The zero-order valence-corrected chi connectivity index (χ0v) is 13.1. The van der Waals surface area contributed by atoms with Crippen LogP contribution in [-0.2, 0) is 4.74 Å². The number of nitro groups is 1. The van der Waals surface area contributed by atoms with E-state index in [0.717, 1.165) is 19.4 Å². The molecular formula is C15H23N3O4. The second kappa shape index (κ2) is 9.73. The average Bonchev–Trinajstić information content (AvgIpc) is 2.53. The predicted octanol–water partition coefficient (Wildman–Crippen LogP) is 2.57. The van der Waals surface area contributed by atoms with Crippen molar-refractivity contribution in [2.45, 2.75) is 26.2 Å². The number of hydrogen-bond donors (Lipinski definition) is 2. The van der Waals surface area contributed by atoms with Crippen molar-refractivity contribution < 1.29 is 14.5 Å². The fraction of sp³-hybridized carbons (Fsp3) is 0.533. The average molecular weight is 309 g/mol. The van der Waals surface area contributed by atoms with Crippen LogP contribution in [0.25, 0.3) is 0 Å². The highest BCUT2D eigenvalue weighted by Crippen LogP contribution is 2.24. The van der Waals surface area contributed by atoms with Gasteiger partial charge >= 0.3 is 0 Å². The van der Waals surface area contributed by atoms with Crippen LogP contribution in [0.15, 0.2) is 18.2 Å². The Bertz CT molecular complexity index is 506. The summed E-state index contributed by atoms with van der Waals surface area (Å²) in [5.41, 5.74) is 0.543. The molecule has 0 aromatic heterocycles. The topological polar surface area (TPSA) is 93.5 Å². The number of nitro benzene ring substituents is 1. The van der Waals surface area contributed by atoms with Gasteiger partial charge in [0.25, 0.3) is 11.6 Å². The van der Waals surface area contributed by atoms with Gasteiger partial charge in [-0.2, -0.15) is 0 Å². The largest absolute Gasteiger partial charge is 0.383 e. The number of amides is 1. The Kier molecular flexibility index (Phi) is 7.91. The molecule has 0 saturated carbocycles. The molecule has 0 fully saturated rings. The van der Waals surface area contributed by atoms with Crippen LogP contribution >= 0.6 is 0 Å². The van der Waals surface area contributed by atoms with E-state index in [0.29, 0.717) is 25.3 Å². The van der Waals surface area contributed by atoms with Gasteiger partial charge in [0, 0.05) is 38.4 Å². The van der Waals surface area contributed by atoms with Gasteiger partial charge in [0.05, 0.1) is 4.92 Å². The van der Waals surface area contributed by atoms with Crippen molar-refractivity contribution in [1.29, 1.82) is 0 Å². The summed E-state index contributed by atoms with van der Waals surface area (Å²) in [5, 5.41) is 16.4. The number of ether oxygens (including phenoxy) is 1. The van der Waals surface area contributed by atoms with Gasteiger partial charge in [0.1, 0.15) is 5.69 Å². The van der Waals surface area contributed by atoms with Crippen molar-refractivity contribution in [3.05, 3.63) is 33.9 Å². The highest BCUT2D eigenvalue weighted by Gasteiger charge is 2.16. The first-order chi connectivity index (χ1) is 10.6. The van der Waals surface area contributed by atoms with Crippen LogP contribution in [0.1, 0.15) is 36.5 Å². The summed E-state index contributed by atoms with van der Waals surface area (Å²) in [6.45, 7) is 3.91. The van der Waals surface area contributed by atoms with E-state index >= 15 is 0 Å². The SMILES string of the molecule is CCCCOCCCNC(=O)c1ccc(NC)c([N+](=O)[O-])c1. The van der Waals surface area contributed by atoms with Crippen molar-refractivity contribution in [3.8, 4) is 0 Å². The second-order valence-electron chi connectivity index (χ2n) is 4.81. The molecule has 1 aromatic rings. The Morgan fingerprint density at radius 2 is 2.05 bits per heavy atom. The van der Waals surface area contributed by atoms with E-state index in [1.54, 1.807) is 13.1 Å². The smallest absolute Gasteiger partial charge is 0.293 e. The Balaban J connectivity index is 2.45. The Labute approximate surface area is 130 Å². The Hall–Kier alpha value is -2.15. The summed E-state index contributed by atoms with van der Waals surface area (Å²) in [7, 11) is 1.60. The van der Waals surface area contributed by atoms with E-state index in [1.165, 1.54) is 12.1 Å². The number of benzene rings is 1. The summed E-state index contributed by atoms with van der Waals surface area (Å²) in [5.74, 6) is -0.320. The summed E-state index contributed by atoms with van der Waals surface area (Å²) in [6, 6.07) is 4.37. The normalized spacial score (nSPS) is 10.3. The quantitative estimate of drug-likeness (QED) is 0.393. The molecule has 0 unspecified atom stereocenters. The minimum absolute atomic E-state index is 0.113. The maximum absolute atomic E-state index is 12.0. The van der Waals surface area contributed by atoms with Gasteiger partial charge in [-0.05, 0) is 25.0 Å². The molecule has 0 saturated heterocycles. The Morgan fingerprint density at radius 3 is 2.68 bits per heavy atom. The van der Waals surface area contributed by atoms with Crippen LogP contribution in [0.4, 0.5) is 11.4 Å². The summed E-state index contributed by atoms with van der Waals surface area (Å²) in [6.07, 6.45) is 2.85. The number of nitrogens with zero attached hydrogens (tertiary/aromatic N) is 1. The van der Waals surface area contributed by atoms with Gasteiger partial charge in [-0.15, -0.1) is 0 Å². The first-order valence-electron chi connectivity index (χ1n) is 7.42. The molecule has 0 aliphatic rings. The molecule has 0 heterocycles. The van der Waals surface area contributed by atoms with Gasteiger partial charge in [0.15, 0.2) is 0 Å².